The molecule has 5 rings (SSSR count). The topological polar surface area (TPSA) is 46.5 Å². The second kappa shape index (κ2) is 9.98. The fourth-order valence-electron chi connectivity index (χ4n) is 3.50. The lowest BCUT2D eigenvalue weighted by Gasteiger charge is -2.09. The lowest BCUT2D eigenvalue weighted by Crippen LogP contribution is -1.97. The molecule has 1 N–H and O–H groups in total. The first kappa shape index (κ1) is 21.4. The average molecular weight is 514 g/mol. The molecule has 0 fully saturated rings. The molecule has 0 saturated heterocycles. The van der Waals surface area contributed by atoms with Crippen LogP contribution in [0.1, 0.15) is 11.1 Å². The van der Waals surface area contributed by atoms with Crippen LogP contribution in [0.25, 0.3) is 22.0 Å². The van der Waals surface area contributed by atoms with Gasteiger partial charge < -0.3 is 4.74 Å². The highest BCUT2D eigenvalue weighted by atomic mass is 79.9. The van der Waals surface area contributed by atoms with Crippen molar-refractivity contribution in [2.45, 2.75) is 6.61 Å². The molecule has 0 saturated carbocycles. The summed E-state index contributed by atoms with van der Waals surface area (Å²) in [5.41, 5.74) is 7.13. The molecule has 33 heavy (non-hydrogen) atoms. The summed E-state index contributed by atoms with van der Waals surface area (Å²) in [6.07, 6.45) is 1.77. The Hall–Kier alpha value is -3.48. The Bertz CT molecular complexity index is 1410. The van der Waals surface area contributed by atoms with Crippen LogP contribution in [0.15, 0.2) is 106 Å². The van der Waals surface area contributed by atoms with Crippen molar-refractivity contribution in [1.29, 1.82) is 0 Å². The molecule has 0 aliphatic rings. The summed E-state index contributed by atoms with van der Waals surface area (Å²) in [6.45, 7) is 0.512. The van der Waals surface area contributed by atoms with E-state index in [0.717, 1.165) is 32.2 Å². The maximum Gasteiger partial charge on any atom is 0.203 e. The summed E-state index contributed by atoms with van der Waals surface area (Å²) in [4.78, 5) is 4.60. The fourth-order valence-corrected chi connectivity index (χ4v) is 4.44. The third kappa shape index (κ3) is 5.30. The number of ether oxygens (including phenoxy) is 1. The maximum absolute atomic E-state index is 6.07. The Morgan fingerprint density at radius 1 is 0.939 bits per heavy atom. The maximum atomic E-state index is 6.07. The Balaban J connectivity index is 1.22. The van der Waals surface area contributed by atoms with Gasteiger partial charge in [-0.3, -0.25) is 5.43 Å². The largest absolute Gasteiger partial charge is 0.489 e. The molecule has 6 heteroatoms. The Morgan fingerprint density at radius 2 is 1.76 bits per heavy atom. The van der Waals surface area contributed by atoms with Crippen molar-refractivity contribution >= 4 is 49.4 Å². The number of hydrogen-bond donors (Lipinski definition) is 1. The van der Waals surface area contributed by atoms with E-state index in [9.17, 15) is 0 Å². The van der Waals surface area contributed by atoms with Crippen LogP contribution < -0.4 is 10.2 Å². The Morgan fingerprint density at radius 3 is 2.67 bits per heavy atom. The number of thiazole rings is 1. The van der Waals surface area contributed by atoms with Crippen LogP contribution in [-0.2, 0) is 6.61 Å². The SMILES string of the molecule is Brc1ccc(-c2csc(N/N=C\c3cccc(OCc4cccc5ccccc45)c3)n2)cc1. The highest BCUT2D eigenvalue weighted by molar-refractivity contribution is 9.10. The zero-order valence-corrected chi connectivity index (χ0v) is 20.0. The van der Waals surface area contributed by atoms with Crippen molar-refractivity contribution in [1.82, 2.24) is 4.98 Å². The van der Waals surface area contributed by atoms with Crippen molar-refractivity contribution in [3.05, 3.63) is 112 Å². The zero-order valence-electron chi connectivity index (χ0n) is 17.6. The van der Waals surface area contributed by atoms with Gasteiger partial charge in [-0.05, 0) is 46.2 Å². The zero-order chi connectivity index (χ0) is 22.5. The molecule has 0 aliphatic heterocycles. The quantitative estimate of drug-likeness (QED) is 0.178. The highest BCUT2D eigenvalue weighted by Crippen LogP contribution is 2.26. The highest BCUT2D eigenvalue weighted by Gasteiger charge is 2.04. The van der Waals surface area contributed by atoms with Gasteiger partial charge in [0.25, 0.3) is 0 Å². The van der Waals surface area contributed by atoms with E-state index in [-0.39, 0.29) is 0 Å². The van der Waals surface area contributed by atoms with Gasteiger partial charge in [0.1, 0.15) is 12.4 Å². The third-order valence-corrected chi connectivity index (χ3v) is 6.43. The molecular weight excluding hydrogens is 494 g/mol. The number of nitrogens with one attached hydrogen (secondary N) is 1. The minimum Gasteiger partial charge on any atom is -0.489 e. The molecule has 0 bridgehead atoms. The molecule has 0 radical (unpaired) electrons. The number of nitrogens with zero attached hydrogens (tertiary/aromatic N) is 2. The van der Waals surface area contributed by atoms with Gasteiger partial charge >= 0.3 is 0 Å². The van der Waals surface area contributed by atoms with Gasteiger partial charge in [0, 0.05) is 15.4 Å². The van der Waals surface area contributed by atoms with Crippen LogP contribution in [0, 0.1) is 0 Å². The summed E-state index contributed by atoms with van der Waals surface area (Å²) in [7, 11) is 0. The molecule has 4 nitrogen and oxygen atoms in total. The molecule has 162 valence electrons. The van der Waals surface area contributed by atoms with Crippen molar-refractivity contribution in [2.75, 3.05) is 5.43 Å². The lowest BCUT2D eigenvalue weighted by molar-refractivity contribution is 0.307. The average Bonchev–Trinajstić information content (AvgIpc) is 3.32. The lowest BCUT2D eigenvalue weighted by atomic mass is 10.1. The van der Waals surface area contributed by atoms with E-state index < -0.39 is 0 Å². The van der Waals surface area contributed by atoms with Crippen LogP contribution in [0.4, 0.5) is 5.13 Å². The Labute approximate surface area is 204 Å². The van der Waals surface area contributed by atoms with Crippen molar-refractivity contribution in [2.24, 2.45) is 5.10 Å². The minimum absolute atomic E-state index is 0.512. The van der Waals surface area contributed by atoms with Gasteiger partial charge in [-0.2, -0.15) is 5.10 Å². The smallest absolute Gasteiger partial charge is 0.203 e. The molecule has 0 amide bonds. The molecule has 0 spiro atoms. The van der Waals surface area contributed by atoms with Gasteiger partial charge in [-0.25, -0.2) is 4.98 Å². The van der Waals surface area contributed by atoms with E-state index in [4.69, 9.17) is 4.74 Å². The minimum atomic E-state index is 0.512. The fraction of sp³-hybridized carbons (Fsp3) is 0.0370. The van der Waals surface area contributed by atoms with Crippen molar-refractivity contribution in [3.63, 3.8) is 0 Å². The Kier molecular flexibility index (Phi) is 6.46. The standard InChI is InChI=1S/C27H20BrN3OS/c28-23-13-11-21(12-14-23)26-18-33-27(30-26)31-29-16-19-5-3-9-24(15-19)32-17-22-8-4-7-20-6-1-2-10-25(20)22/h1-16,18H,17H2,(H,30,31)/b29-16-. The number of benzene rings is 4. The number of rotatable bonds is 7. The number of halogens is 1. The predicted octanol–water partition coefficient (Wildman–Crippen LogP) is 7.75. The first-order chi connectivity index (χ1) is 16.2. The van der Waals surface area contributed by atoms with Gasteiger partial charge in [-0.1, -0.05) is 82.7 Å². The van der Waals surface area contributed by atoms with Gasteiger partial charge in [-0.15, -0.1) is 11.3 Å². The van der Waals surface area contributed by atoms with Crippen molar-refractivity contribution in [3.8, 4) is 17.0 Å². The molecule has 0 atom stereocenters. The number of hydrogen-bond acceptors (Lipinski definition) is 5. The van der Waals surface area contributed by atoms with Crippen LogP contribution in [0.3, 0.4) is 0 Å². The summed E-state index contributed by atoms with van der Waals surface area (Å²) in [5.74, 6) is 0.804. The summed E-state index contributed by atoms with van der Waals surface area (Å²) in [6, 6.07) is 30.6. The second-order valence-corrected chi connectivity index (χ2v) is 9.19. The monoisotopic (exact) mass is 513 g/mol. The van der Waals surface area contributed by atoms with Gasteiger partial charge in [0.05, 0.1) is 11.9 Å². The summed E-state index contributed by atoms with van der Waals surface area (Å²) in [5, 5.41) is 9.54. The molecule has 4 aromatic carbocycles. The number of hydrazone groups is 1. The predicted molar refractivity (Wildman–Crippen MR) is 141 cm³/mol. The normalized spacial score (nSPS) is 11.2. The van der Waals surface area contributed by atoms with Crippen LogP contribution >= 0.6 is 27.3 Å². The molecule has 0 unspecified atom stereocenters. The van der Waals surface area contributed by atoms with Crippen LogP contribution in [0.2, 0.25) is 0 Å². The van der Waals surface area contributed by atoms with E-state index in [1.807, 2.05) is 53.9 Å². The van der Waals surface area contributed by atoms with E-state index in [1.165, 1.54) is 27.7 Å². The number of fused-ring (bicyclic) bond motifs is 1. The molecule has 5 aromatic rings. The van der Waals surface area contributed by atoms with E-state index in [0.29, 0.717) is 6.61 Å². The molecule has 1 aromatic heterocycles. The third-order valence-electron chi connectivity index (χ3n) is 5.15. The van der Waals surface area contributed by atoms with Gasteiger partial charge in [0.15, 0.2) is 0 Å². The summed E-state index contributed by atoms with van der Waals surface area (Å²) >= 11 is 4.98. The van der Waals surface area contributed by atoms with Crippen LogP contribution in [-0.4, -0.2) is 11.2 Å². The second-order valence-electron chi connectivity index (χ2n) is 7.41. The summed E-state index contributed by atoms with van der Waals surface area (Å²) < 4.78 is 7.12. The van der Waals surface area contributed by atoms with E-state index in [1.54, 1.807) is 6.21 Å². The van der Waals surface area contributed by atoms with Crippen LogP contribution in [0.5, 0.6) is 5.75 Å². The van der Waals surface area contributed by atoms with Gasteiger partial charge in [0.2, 0.25) is 5.13 Å². The molecular formula is C27H20BrN3OS. The first-order valence-electron chi connectivity index (χ1n) is 10.4. The van der Waals surface area contributed by atoms with E-state index in [2.05, 4.69) is 73.9 Å². The van der Waals surface area contributed by atoms with E-state index >= 15 is 0 Å². The molecule has 1 heterocycles. The number of aromatic nitrogens is 1. The number of anilines is 1. The van der Waals surface area contributed by atoms with Crippen molar-refractivity contribution < 1.29 is 4.74 Å². The molecule has 0 aliphatic carbocycles. The first-order valence-corrected chi connectivity index (χ1v) is 12.1.